The Bertz CT molecular complexity index is 505. The second kappa shape index (κ2) is 8.41. The van der Waals surface area contributed by atoms with Crippen LogP contribution in [-0.4, -0.2) is 29.2 Å². The van der Waals surface area contributed by atoms with Crippen LogP contribution in [-0.2, 0) is 9.53 Å². The first-order chi connectivity index (χ1) is 9.58. The number of esters is 1. The molecule has 0 aliphatic rings. The van der Waals surface area contributed by atoms with Gasteiger partial charge >= 0.3 is 5.97 Å². The van der Waals surface area contributed by atoms with Crippen LogP contribution in [0.5, 0.6) is 0 Å². The van der Waals surface area contributed by atoms with Crippen molar-refractivity contribution in [1.29, 1.82) is 5.26 Å². The van der Waals surface area contributed by atoms with E-state index in [0.717, 1.165) is 10.4 Å². The summed E-state index contributed by atoms with van der Waals surface area (Å²) in [5.74, 6) is -0.256. The quantitative estimate of drug-likeness (QED) is 0.474. The highest BCUT2D eigenvalue weighted by Gasteiger charge is 2.13. The summed E-state index contributed by atoms with van der Waals surface area (Å²) >= 11 is 5.39. The molecule has 0 aliphatic heterocycles. The predicted molar refractivity (Wildman–Crippen MR) is 79.3 cm³/mol. The van der Waals surface area contributed by atoms with Gasteiger partial charge in [-0.3, -0.25) is 4.79 Å². The molecule has 5 heteroatoms. The molecule has 0 saturated heterocycles. The lowest BCUT2D eigenvalue weighted by Crippen LogP contribution is -2.14. The van der Waals surface area contributed by atoms with E-state index in [1.165, 1.54) is 0 Å². The molecule has 0 spiro atoms. The molecule has 4 nitrogen and oxygen atoms in total. The molecule has 1 aromatic carbocycles. The molecule has 1 unspecified atom stereocenters. The van der Waals surface area contributed by atoms with Crippen LogP contribution in [0, 0.1) is 17.2 Å². The van der Waals surface area contributed by atoms with Crippen molar-refractivity contribution in [2.75, 3.05) is 13.2 Å². The molecule has 0 radical (unpaired) electrons. The van der Waals surface area contributed by atoms with Crippen LogP contribution >= 0.6 is 12.2 Å². The van der Waals surface area contributed by atoms with Gasteiger partial charge in [0.15, 0.2) is 0 Å². The largest absolute Gasteiger partial charge is 0.463 e. The van der Waals surface area contributed by atoms with Crippen molar-refractivity contribution >= 4 is 23.1 Å². The zero-order chi connectivity index (χ0) is 15.0. The number of carbonyl (C=O) groups is 1. The third-order valence-electron chi connectivity index (χ3n) is 2.88. The van der Waals surface area contributed by atoms with Gasteiger partial charge in [0.05, 0.1) is 18.2 Å². The standard InChI is InChI=1S/C15H17NO3S/c1-11(2-7-14(18)19-9-8-17)15(20)13-5-3-12(10-16)4-6-13/h3-6,11,17H,2,7-9H2,1H3. The lowest BCUT2D eigenvalue weighted by molar-refractivity contribution is -0.144. The van der Waals surface area contributed by atoms with E-state index in [-0.39, 0.29) is 31.5 Å². The van der Waals surface area contributed by atoms with Gasteiger partial charge in [-0.1, -0.05) is 31.3 Å². The molecule has 0 saturated carbocycles. The van der Waals surface area contributed by atoms with E-state index in [1.54, 1.807) is 12.1 Å². The minimum atomic E-state index is -0.325. The second-order valence-corrected chi connectivity index (χ2v) is 4.88. The number of aliphatic hydroxyl groups is 1. The first-order valence-corrected chi connectivity index (χ1v) is 6.80. The molecule has 1 rings (SSSR count). The minimum absolute atomic E-state index is 0.0350. The van der Waals surface area contributed by atoms with E-state index < -0.39 is 0 Å². The zero-order valence-electron chi connectivity index (χ0n) is 11.3. The highest BCUT2D eigenvalue weighted by atomic mass is 32.1. The summed E-state index contributed by atoms with van der Waals surface area (Å²) in [6.45, 7) is 1.83. The number of benzene rings is 1. The molecular formula is C15H17NO3S. The van der Waals surface area contributed by atoms with Gasteiger partial charge in [-0.05, 0) is 30.0 Å². The highest BCUT2D eigenvalue weighted by Crippen LogP contribution is 2.16. The van der Waals surface area contributed by atoms with Crippen LogP contribution in [0.25, 0.3) is 0 Å². The fraction of sp³-hybridized carbons (Fsp3) is 0.400. The van der Waals surface area contributed by atoms with Crippen molar-refractivity contribution in [2.45, 2.75) is 19.8 Å². The number of nitriles is 1. The number of rotatable bonds is 7. The van der Waals surface area contributed by atoms with Gasteiger partial charge in [0.2, 0.25) is 0 Å². The van der Waals surface area contributed by atoms with Crippen molar-refractivity contribution in [1.82, 2.24) is 0 Å². The lowest BCUT2D eigenvalue weighted by atomic mass is 9.96. The summed E-state index contributed by atoms with van der Waals surface area (Å²) in [7, 11) is 0. The number of hydrogen-bond acceptors (Lipinski definition) is 5. The predicted octanol–water partition coefficient (Wildman–Crippen LogP) is 2.23. The molecule has 0 fully saturated rings. The minimum Gasteiger partial charge on any atom is -0.463 e. The smallest absolute Gasteiger partial charge is 0.305 e. The first-order valence-electron chi connectivity index (χ1n) is 6.39. The SMILES string of the molecule is CC(CCC(=O)OCCO)C(=S)c1ccc(C#N)cc1. The van der Waals surface area contributed by atoms with E-state index in [1.807, 2.05) is 19.1 Å². The van der Waals surface area contributed by atoms with Crippen LogP contribution in [0.4, 0.5) is 0 Å². The van der Waals surface area contributed by atoms with E-state index >= 15 is 0 Å². The third-order valence-corrected chi connectivity index (χ3v) is 3.52. The maximum absolute atomic E-state index is 11.3. The van der Waals surface area contributed by atoms with Crippen LogP contribution in [0.2, 0.25) is 0 Å². The second-order valence-electron chi connectivity index (χ2n) is 4.44. The number of carbonyl (C=O) groups excluding carboxylic acids is 1. The summed E-state index contributed by atoms with van der Waals surface area (Å²) in [5, 5.41) is 17.3. The maximum atomic E-state index is 11.3. The maximum Gasteiger partial charge on any atom is 0.305 e. The molecule has 106 valence electrons. The average molecular weight is 291 g/mol. The van der Waals surface area contributed by atoms with E-state index in [4.69, 9.17) is 27.3 Å². The van der Waals surface area contributed by atoms with Gasteiger partial charge in [-0.15, -0.1) is 0 Å². The summed E-state index contributed by atoms with van der Waals surface area (Å²) < 4.78 is 4.79. The van der Waals surface area contributed by atoms with Crippen molar-refractivity contribution in [3.8, 4) is 6.07 Å². The Kier molecular flexibility index (Phi) is 6.85. The molecule has 1 atom stereocenters. The molecule has 0 bridgehead atoms. The monoisotopic (exact) mass is 291 g/mol. The number of aliphatic hydroxyl groups excluding tert-OH is 1. The molecule has 1 aromatic rings. The van der Waals surface area contributed by atoms with Gasteiger partial charge in [0.25, 0.3) is 0 Å². The molecule has 0 aromatic heterocycles. The molecule has 20 heavy (non-hydrogen) atoms. The molecule has 0 amide bonds. The van der Waals surface area contributed by atoms with Crippen LogP contribution < -0.4 is 0 Å². The Morgan fingerprint density at radius 1 is 1.45 bits per heavy atom. The van der Waals surface area contributed by atoms with Gasteiger partial charge in [0.1, 0.15) is 6.61 Å². The van der Waals surface area contributed by atoms with Crippen molar-refractivity contribution in [3.63, 3.8) is 0 Å². The van der Waals surface area contributed by atoms with E-state index in [9.17, 15) is 4.79 Å². The summed E-state index contributed by atoms with van der Waals surface area (Å²) in [6, 6.07) is 9.15. The third kappa shape index (κ3) is 5.08. The van der Waals surface area contributed by atoms with Crippen molar-refractivity contribution < 1.29 is 14.6 Å². The Labute approximate surface area is 124 Å². The Morgan fingerprint density at radius 3 is 2.65 bits per heavy atom. The van der Waals surface area contributed by atoms with Gasteiger partial charge in [0, 0.05) is 11.3 Å². The number of ether oxygens (including phenoxy) is 1. The summed E-state index contributed by atoms with van der Waals surface area (Å²) in [4.78, 5) is 12.1. The summed E-state index contributed by atoms with van der Waals surface area (Å²) in [6.07, 6.45) is 0.876. The fourth-order valence-corrected chi connectivity index (χ4v) is 1.94. The molecule has 1 N–H and O–H groups in total. The fourth-order valence-electron chi connectivity index (χ4n) is 1.69. The van der Waals surface area contributed by atoms with Crippen LogP contribution in [0.3, 0.4) is 0 Å². The van der Waals surface area contributed by atoms with Gasteiger partial charge in [-0.2, -0.15) is 5.26 Å². The highest BCUT2D eigenvalue weighted by molar-refractivity contribution is 7.80. The number of hydrogen-bond donors (Lipinski definition) is 1. The van der Waals surface area contributed by atoms with Crippen LogP contribution in [0.15, 0.2) is 24.3 Å². The number of thiocarbonyl (C=S) groups is 1. The topological polar surface area (TPSA) is 70.3 Å². The van der Waals surface area contributed by atoms with Gasteiger partial charge < -0.3 is 9.84 Å². The van der Waals surface area contributed by atoms with Crippen LogP contribution in [0.1, 0.15) is 30.9 Å². The van der Waals surface area contributed by atoms with E-state index in [0.29, 0.717) is 12.0 Å². The van der Waals surface area contributed by atoms with Crippen molar-refractivity contribution in [2.24, 2.45) is 5.92 Å². The first kappa shape index (κ1) is 16.3. The van der Waals surface area contributed by atoms with Gasteiger partial charge in [-0.25, -0.2) is 0 Å². The van der Waals surface area contributed by atoms with E-state index in [2.05, 4.69) is 6.07 Å². The Morgan fingerprint density at radius 2 is 2.10 bits per heavy atom. The summed E-state index contributed by atoms with van der Waals surface area (Å²) in [5.41, 5.74) is 1.49. The lowest BCUT2D eigenvalue weighted by Gasteiger charge is -2.13. The molecule has 0 aliphatic carbocycles. The Balaban J connectivity index is 2.50. The Hall–Kier alpha value is -1.77. The number of nitrogens with zero attached hydrogens (tertiary/aromatic N) is 1. The zero-order valence-corrected chi connectivity index (χ0v) is 12.2. The molecule has 0 heterocycles. The molecular weight excluding hydrogens is 274 g/mol. The average Bonchev–Trinajstić information content (AvgIpc) is 2.49. The normalized spacial score (nSPS) is 11.4. The van der Waals surface area contributed by atoms with Crippen molar-refractivity contribution in [3.05, 3.63) is 35.4 Å².